The molecule has 2 amide bonds. The van der Waals surface area contributed by atoms with Gasteiger partial charge in [0.05, 0.1) is 22.7 Å². The smallest absolute Gasteiger partial charge is 0.264 e. The van der Waals surface area contributed by atoms with Gasteiger partial charge in [0.15, 0.2) is 0 Å². The van der Waals surface area contributed by atoms with Gasteiger partial charge in [0.25, 0.3) is 10.0 Å². The zero-order valence-corrected chi connectivity index (χ0v) is 22.1. The summed E-state index contributed by atoms with van der Waals surface area (Å²) in [6.45, 7) is 0.860. The minimum absolute atomic E-state index is 0.0285. The fraction of sp³-hybridized carbons (Fsp3) is 0.231. The highest BCUT2D eigenvalue weighted by Gasteiger charge is 2.32. The number of benzene rings is 3. The Balaban J connectivity index is 2.05. The molecule has 0 aromatic heterocycles. The molecule has 3 aromatic carbocycles. The highest BCUT2D eigenvalue weighted by molar-refractivity contribution is 7.92. The van der Waals surface area contributed by atoms with Gasteiger partial charge in [-0.05, 0) is 55.0 Å². The second kappa shape index (κ2) is 12.1. The molecule has 0 spiro atoms. The van der Waals surface area contributed by atoms with Crippen LogP contribution in [0.2, 0.25) is 5.02 Å². The van der Waals surface area contributed by atoms with Crippen LogP contribution in [-0.4, -0.2) is 51.9 Å². The van der Waals surface area contributed by atoms with Crippen LogP contribution in [0.25, 0.3) is 0 Å². The van der Waals surface area contributed by atoms with Gasteiger partial charge in [-0.3, -0.25) is 13.9 Å². The Morgan fingerprint density at radius 3 is 2.27 bits per heavy atom. The highest BCUT2D eigenvalue weighted by atomic mass is 35.5. The average Bonchev–Trinajstić information content (AvgIpc) is 2.90. The number of sulfonamides is 1. The number of hydrogen-bond acceptors (Lipinski definition) is 5. The van der Waals surface area contributed by atoms with E-state index in [1.54, 1.807) is 18.2 Å². The molecular formula is C26H27ClFN3O5S. The Morgan fingerprint density at radius 1 is 1.05 bits per heavy atom. The number of nitrogens with one attached hydrogen (secondary N) is 1. The van der Waals surface area contributed by atoms with Crippen molar-refractivity contribution in [2.75, 3.05) is 25.0 Å². The summed E-state index contributed by atoms with van der Waals surface area (Å²) in [5, 5.41) is 2.66. The summed E-state index contributed by atoms with van der Waals surface area (Å²) in [6.07, 6.45) is 0. The average molecular weight is 548 g/mol. The molecule has 0 fully saturated rings. The Hall–Kier alpha value is -3.63. The van der Waals surface area contributed by atoms with Crippen molar-refractivity contribution in [1.29, 1.82) is 0 Å². The second-order valence-electron chi connectivity index (χ2n) is 8.08. The summed E-state index contributed by atoms with van der Waals surface area (Å²) in [7, 11) is -1.35. The van der Waals surface area contributed by atoms with Crippen molar-refractivity contribution in [1.82, 2.24) is 10.2 Å². The molecule has 0 heterocycles. The monoisotopic (exact) mass is 547 g/mol. The molecular weight excluding hydrogens is 521 g/mol. The minimum atomic E-state index is -4.21. The Kier molecular flexibility index (Phi) is 9.12. The van der Waals surface area contributed by atoms with Gasteiger partial charge >= 0.3 is 0 Å². The fourth-order valence-electron chi connectivity index (χ4n) is 3.64. The van der Waals surface area contributed by atoms with E-state index in [0.29, 0.717) is 11.3 Å². The Morgan fingerprint density at radius 2 is 1.70 bits per heavy atom. The van der Waals surface area contributed by atoms with E-state index < -0.39 is 40.2 Å². The van der Waals surface area contributed by atoms with E-state index in [4.69, 9.17) is 16.3 Å². The van der Waals surface area contributed by atoms with Crippen molar-refractivity contribution < 1.29 is 27.1 Å². The summed E-state index contributed by atoms with van der Waals surface area (Å²) in [5.74, 6) is -1.20. The molecule has 0 aliphatic rings. The quantitative estimate of drug-likeness (QED) is 0.416. The molecule has 0 radical (unpaired) electrons. The number of ether oxygens (including phenoxy) is 1. The van der Waals surface area contributed by atoms with E-state index in [2.05, 4.69) is 5.32 Å². The topological polar surface area (TPSA) is 96.0 Å². The van der Waals surface area contributed by atoms with Crippen LogP contribution in [0.1, 0.15) is 12.5 Å². The maximum Gasteiger partial charge on any atom is 0.264 e. The maximum absolute atomic E-state index is 13.7. The Labute approximate surface area is 220 Å². The maximum atomic E-state index is 13.7. The molecule has 0 unspecified atom stereocenters. The number of amides is 2. The zero-order chi connectivity index (χ0) is 27.2. The number of rotatable bonds is 10. The molecule has 1 atom stereocenters. The molecule has 0 aliphatic heterocycles. The summed E-state index contributed by atoms with van der Waals surface area (Å²) in [6, 6.07) is 16.6. The van der Waals surface area contributed by atoms with Crippen LogP contribution < -0.4 is 14.4 Å². The largest absolute Gasteiger partial charge is 0.495 e. The third kappa shape index (κ3) is 6.58. The van der Waals surface area contributed by atoms with Crippen LogP contribution in [-0.2, 0) is 26.2 Å². The van der Waals surface area contributed by atoms with Gasteiger partial charge in [-0.15, -0.1) is 0 Å². The van der Waals surface area contributed by atoms with Crippen molar-refractivity contribution in [3.8, 4) is 5.75 Å². The third-order valence-electron chi connectivity index (χ3n) is 5.71. The molecule has 37 heavy (non-hydrogen) atoms. The van der Waals surface area contributed by atoms with Gasteiger partial charge in [0, 0.05) is 13.6 Å². The molecule has 0 bridgehead atoms. The normalized spacial score (nSPS) is 11.9. The number of nitrogens with zero attached hydrogens (tertiary/aromatic N) is 2. The van der Waals surface area contributed by atoms with Crippen molar-refractivity contribution in [2.45, 2.75) is 24.4 Å². The van der Waals surface area contributed by atoms with Crippen molar-refractivity contribution in [2.24, 2.45) is 0 Å². The standard InChI is InChI=1S/C26H27ClFN3O5S/c1-18(26(33)29-2)30(16-19-9-11-20(28)12-10-19)25(32)17-31(21-13-14-24(36-3)23(27)15-21)37(34,35)22-7-5-4-6-8-22/h4-15,18H,16-17H2,1-3H3,(H,29,33)/t18-/m0/s1. The van der Waals surface area contributed by atoms with Crippen LogP contribution >= 0.6 is 11.6 Å². The molecule has 196 valence electrons. The number of halogens is 2. The first kappa shape index (κ1) is 27.9. The van der Waals surface area contributed by atoms with Gasteiger partial charge < -0.3 is 15.0 Å². The summed E-state index contributed by atoms with van der Waals surface area (Å²) < 4.78 is 46.9. The predicted octanol–water partition coefficient (Wildman–Crippen LogP) is 3.85. The minimum Gasteiger partial charge on any atom is -0.495 e. The molecule has 8 nitrogen and oxygen atoms in total. The number of methoxy groups -OCH3 is 1. The number of hydrogen-bond donors (Lipinski definition) is 1. The van der Waals surface area contributed by atoms with Crippen LogP contribution in [0.3, 0.4) is 0 Å². The van der Waals surface area contributed by atoms with E-state index >= 15 is 0 Å². The summed E-state index contributed by atoms with van der Waals surface area (Å²) >= 11 is 6.27. The number of likely N-dealkylation sites (N-methyl/N-ethyl adjacent to an activating group) is 1. The predicted molar refractivity (Wildman–Crippen MR) is 139 cm³/mol. The second-order valence-corrected chi connectivity index (χ2v) is 10.4. The lowest BCUT2D eigenvalue weighted by atomic mass is 10.1. The van der Waals surface area contributed by atoms with Gasteiger partial charge in [0.1, 0.15) is 24.2 Å². The van der Waals surface area contributed by atoms with E-state index in [1.807, 2.05) is 0 Å². The van der Waals surface area contributed by atoms with Gasteiger partial charge in [-0.2, -0.15) is 0 Å². The molecule has 3 rings (SSSR count). The van der Waals surface area contributed by atoms with E-state index in [-0.39, 0.29) is 22.2 Å². The molecule has 0 saturated carbocycles. The van der Waals surface area contributed by atoms with Gasteiger partial charge in [-0.25, -0.2) is 12.8 Å². The lowest BCUT2D eigenvalue weighted by Crippen LogP contribution is -2.50. The number of anilines is 1. The van der Waals surface area contributed by atoms with Crippen molar-refractivity contribution in [3.05, 3.63) is 89.2 Å². The first-order valence-corrected chi connectivity index (χ1v) is 13.1. The fourth-order valence-corrected chi connectivity index (χ4v) is 5.32. The van der Waals surface area contributed by atoms with Crippen LogP contribution in [0.4, 0.5) is 10.1 Å². The van der Waals surface area contributed by atoms with E-state index in [9.17, 15) is 22.4 Å². The zero-order valence-electron chi connectivity index (χ0n) is 20.5. The molecule has 0 saturated heterocycles. The SMILES string of the molecule is CNC(=O)[C@H](C)N(Cc1ccc(F)cc1)C(=O)CN(c1ccc(OC)c(Cl)c1)S(=O)(=O)c1ccccc1. The van der Waals surface area contributed by atoms with E-state index in [1.165, 1.54) is 80.6 Å². The van der Waals surface area contributed by atoms with Gasteiger partial charge in [-0.1, -0.05) is 41.9 Å². The van der Waals surface area contributed by atoms with Crippen molar-refractivity contribution >= 4 is 39.1 Å². The number of carbonyl (C=O) groups excluding carboxylic acids is 2. The highest BCUT2D eigenvalue weighted by Crippen LogP contribution is 2.32. The van der Waals surface area contributed by atoms with Crippen LogP contribution in [0.5, 0.6) is 5.75 Å². The lowest BCUT2D eigenvalue weighted by Gasteiger charge is -2.32. The first-order chi connectivity index (χ1) is 17.6. The third-order valence-corrected chi connectivity index (χ3v) is 7.80. The van der Waals surface area contributed by atoms with Crippen molar-refractivity contribution in [3.63, 3.8) is 0 Å². The van der Waals surface area contributed by atoms with E-state index in [0.717, 1.165) is 4.31 Å². The summed E-state index contributed by atoms with van der Waals surface area (Å²) in [5.41, 5.74) is 0.702. The summed E-state index contributed by atoms with van der Waals surface area (Å²) in [4.78, 5) is 27.3. The molecule has 1 N–H and O–H groups in total. The van der Waals surface area contributed by atoms with Crippen LogP contribution in [0.15, 0.2) is 77.7 Å². The lowest BCUT2D eigenvalue weighted by molar-refractivity contribution is -0.139. The molecule has 11 heteroatoms. The molecule has 3 aromatic rings. The Bertz CT molecular complexity index is 1350. The first-order valence-electron chi connectivity index (χ1n) is 11.2. The molecule has 0 aliphatic carbocycles. The number of carbonyl (C=O) groups is 2. The van der Waals surface area contributed by atoms with Crippen LogP contribution in [0, 0.1) is 5.82 Å². The van der Waals surface area contributed by atoms with Gasteiger partial charge in [0.2, 0.25) is 11.8 Å².